The number of benzene rings is 2. The zero-order valence-corrected chi connectivity index (χ0v) is 12.2. The zero-order valence-electron chi connectivity index (χ0n) is 11.4. The number of fused-ring (bicyclic) bond motifs is 1. The molecule has 0 radical (unpaired) electrons. The summed E-state index contributed by atoms with van der Waals surface area (Å²) in [7, 11) is 0. The molecule has 2 nitrogen and oxygen atoms in total. The SMILES string of the molecule is Cc1ccc(C(CN)Sc2ccc3ccccc3c2)o1. The van der Waals surface area contributed by atoms with Crippen LogP contribution in [0.1, 0.15) is 16.8 Å². The smallest absolute Gasteiger partial charge is 0.118 e. The lowest BCUT2D eigenvalue weighted by atomic mass is 10.1. The molecule has 2 N–H and O–H groups in total. The van der Waals surface area contributed by atoms with Crippen molar-refractivity contribution in [2.45, 2.75) is 17.1 Å². The number of thioether (sulfide) groups is 1. The van der Waals surface area contributed by atoms with Crippen molar-refractivity contribution >= 4 is 22.5 Å². The fourth-order valence-corrected chi connectivity index (χ4v) is 3.26. The minimum Gasteiger partial charge on any atom is -0.465 e. The summed E-state index contributed by atoms with van der Waals surface area (Å²) in [5.74, 6) is 1.88. The molecule has 20 heavy (non-hydrogen) atoms. The van der Waals surface area contributed by atoms with Crippen LogP contribution in [0.15, 0.2) is 63.9 Å². The van der Waals surface area contributed by atoms with Crippen LogP contribution in [-0.4, -0.2) is 6.54 Å². The first-order chi connectivity index (χ1) is 9.76. The van der Waals surface area contributed by atoms with Gasteiger partial charge in [0.1, 0.15) is 11.5 Å². The van der Waals surface area contributed by atoms with Gasteiger partial charge >= 0.3 is 0 Å². The predicted molar refractivity (Wildman–Crippen MR) is 85.0 cm³/mol. The second kappa shape index (κ2) is 5.73. The predicted octanol–water partition coefficient (Wildman–Crippen LogP) is 4.53. The Morgan fingerprint density at radius 3 is 2.55 bits per heavy atom. The van der Waals surface area contributed by atoms with Crippen molar-refractivity contribution in [1.82, 2.24) is 0 Å². The Hall–Kier alpha value is -1.71. The second-order valence-corrected chi connectivity index (χ2v) is 6.08. The molecule has 0 saturated carbocycles. The Kier molecular flexibility index (Phi) is 3.81. The molecule has 1 heterocycles. The molecule has 1 atom stereocenters. The largest absolute Gasteiger partial charge is 0.465 e. The first kappa shape index (κ1) is 13.3. The van der Waals surface area contributed by atoms with Crippen LogP contribution in [0.4, 0.5) is 0 Å². The van der Waals surface area contributed by atoms with E-state index in [1.165, 1.54) is 15.7 Å². The van der Waals surface area contributed by atoms with Gasteiger partial charge in [-0.15, -0.1) is 11.8 Å². The lowest BCUT2D eigenvalue weighted by molar-refractivity contribution is 0.481. The molecule has 2 aromatic carbocycles. The summed E-state index contributed by atoms with van der Waals surface area (Å²) in [6.07, 6.45) is 0. The third-order valence-electron chi connectivity index (χ3n) is 3.29. The topological polar surface area (TPSA) is 39.2 Å². The Morgan fingerprint density at radius 1 is 1.05 bits per heavy atom. The van der Waals surface area contributed by atoms with Crippen LogP contribution in [0.5, 0.6) is 0 Å². The van der Waals surface area contributed by atoms with Gasteiger partial charge < -0.3 is 10.2 Å². The Balaban J connectivity index is 1.87. The van der Waals surface area contributed by atoms with E-state index in [2.05, 4.69) is 42.5 Å². The highest BCUT2D eigenvalue weighted by Crippen LogP contribution is 2.36. The Bertz CT molecular complexity index is 720. The fourth-order valence-electron chi connectivity index (χ4n) is 2.25. The molecule has 3 heteroatoms. The molecule has 0 bridgehead atoms. The van der Waals surface area contributed by atoms with Crippen molar-refractivity contribution in [2.75, 3.05) is 6.54 Å². The van der Waals surface area contributed by atoms with Gasteiger partial charge in [-0.25, -0.2) is 0 Å². The van der Waals surface area contributed by atoms with Crippen LogP contribution in [0.2, 0.25) is 0 Å². The number of hydrogen-bond donors (Lipinski definition) is 1. The minimum atomic E-state index is 0.157. The summed E-state index contributed by atoms with van der Waals surface area (Å²) in [4.78, 5) is 1.22. The number of hydrogen-bond acceptors (Lipinski definition) is 3. The number of nitrogens with two attached hydrogens (primary N) is 1. The van der Waals surface area contributed by atoms with E-state index in [0.717, 1.165) is 11.5 Å². The van der Waals surface area contributed by atoms with E-state index in [9.17, 15) is 0 Å². The maximum absolute atomic E-state index is 5.89. The van der Waals surface area contributed by atoms with Crippen LogP contribution in [0.3, 0.4) is 0 Å². The van der Waals surface area contributed by atoms with Gasteiger partial charge in [0.15, 0.2) is 0 Å². The molecule has 1 unspecified atom stereocenters. The van der Waals surface area contributed by atoms with Crippen LogP contribution < -0.4 is 5.73 Å². The average Bonchev–Trinajstić information content (AvgIpc) is 2.91. The molecule has 0 fully saturated rings. The van der Waals surface area contributed by atoms with E-state index in [0.29, 0.717) is 6.54 Å². The monoisotopic (exact) mass is 283 g/mol. The van der Waals surface area contributed by atoms with E-state index in [4.69, 9.17) is 10.2 Å². The van der Waals surface area contributed by atoms with Crippen molar-refractivity contribution in [1.29, 1.82) is 0 Å². The number of furan rings is 1. The van der Waals surface area contributed by atoms with E-state index in [-0.39, 0.29) is 5.25 Å². The highest BCUT2D eigenvalue weighted by atomic mass is 32.2. The standard InChI is InChI=1S/C17H17NOS/c1-12-6-9-16(19-12)17(11-18)20-15-8-7-13-4-2-3-5-14(13)10-15/h2-10,17H,11,18H2,1H3. The van der Waals surface area contributed by atoms with Gasteiger partial charge in [0.25, 0.3) is 0 Å². The van der Waals surface area contributed by atoms with E-state index in [1.54, 1.807) is 11.8 Å². The van der Waals surface area contributed by atoms with Crippen LogP contribution in [0, 0.1) is 6.92 Å². The summed E-state index contributed by atoms with van der Waals surface area (Å²) in [5.41, 5.74) is 5.89. The van der Waals surface area contributed by atoms with Crippen LogP contribution >= 0.6 is 11.8 Å². The highest BCUT2D eigenvalue weighted by molar-refractivity contribution is 7.99. The van der Waals surface area contributed by atoms with Crippen LogP contribution in [0.25, 0.3) is 10.8 Å². The fraction of sp³-hybridized carbons (Fsp3) is 0.176. The van der Waals surface area contributed by atoms with Gasteiger partial charge in [0.2, 0.25) is 0 Å². The lowest BCUT2D eigenvalue weighted by Gasteiger charge is -2.12. The number of aryl methyl sites for hydroxylation is 1. The molecule has 0 saturated heterocycles. The van der Waals surface area contributed by atoms with E-state index >= 15 is 0 Å². The van der Waals surface area contributed by atoms with Gasteiger partial charge in [0.05, 0.1) is 5.25 Å². The van der Waals surface area contributed by atoms with Gasteiger partial charge in [0, 0.05) is 11.4 Å². The molecule has 102 valence electrons. The quantitative estimate of drug-likeness (QED) is 0.715. The summed E-state index contributed by atoms with van der Waals surface area (Å²) in [6.45, 7) is 2.52. The first-order valence-electron chi connectivity index (χ1n) is 6.68. The Morgan fingerprint density at radius 2 is 1.85 bits per heavy atom. The van der Waals surface area contributed by atoms with Crippen molar-refractivity contribution in [3.8, 4) is 0 Å². The third kappa shape index (κ3) is 2.74. The van der Waals surface area contributed by atoms with Gasteiger partial charge in [-0.1, -0.05) is 30.3 Å². The Labute approximate surface area is 123 Å². The van der Waals surface area contributed by atoms with Crippen molar-refractivity contribution in [2.24, 2.45) is 5.73 Å². The normalized spacial score (nSPS) is 12.7. The van der Waals surface area contributed by atoms with Crippen LogP contribution in [-0.2, 0) is 0 Å². The maximum Gasteiger partial charge on any atom is 0.118 e. The lowest BCUT2D eigenvalue weighted by Crippen LogP contribution is -2.08. The molecule has 0 aliphatic rings. The van der Waals surface area contributed by atoms with Gasteiger partial charge in [-0.3, -0.25) is 0 Å². The van der Waals surface area contributed by atoms with Gasteiger partial charge in [-0.05, 0) is 42.0 Å². The molecule has 3 aromatic rings. The molecule has 1 aromatic heterocycles. The maximum atomic E-state index is 5.89. The number of rotatable bonds is 4. The second-order valence-electron chi connectivity index (χ2n) is 4.80. The van der Waals surface area contributed by atoms with Crippen molar-refractivity contribution < 1.29 is 4.42 Å². The van der Waals surface area contributed by atoms with E-state index in [1.807, 2.05) is 19.1 Å². The van der Waals surface area contributed by atoms with Gasteiger partial charge in [-0.2, -0.15) is 0 Å². The molecule has 3 rings (SSSR count). The first-order valence-corrected chi connectivity index (χ1v) is 7.56. The molecule has 0 aliphatic heterocycles. The summed E-state index contributed by atoms with van der Waals surface area (Å²) in [5, 5.41) is 2.67. The molecule has 0 amide bonds. The third-order valence-corrected chi connectivity index (χ3v) is 4.53. The molecule has 0 aliphatic carbocycles. The average molecular weight is 283 g/mol. The zero-order chi connectivity index (χ0) is 13.9. The molecular weight excluding hydrogens is 266 g/mol. The van der Waals surface area contributed by atoms with Crippen molar-refractivity contribution in [3.63, 3.8) is 0 Å². The summed E-state index contributed by atoms with van der Waals surface area (Å²) in [6, 6.07) is 18.9. The molecular formula is C17H17NOS. The minimum absolute atomic E-state index is 0.157. The highest BCUT2D eigenvalue weighted by Gasteiger charge is 2.15. The van der Waals surface area contributed by atoms with Crippen molar-refractivity contribution in [3.05, 3.63) is 66.1 Å². The summed E-state index contributed by atoms with van der Waals surface area (Å²) >= 11 is 1.75. The summed E-state index contributed by atoms with van der Waals surface area (Å²) < 4.78 is 5.70. The molecule has 0 spiro atoms. The van der Waals surface area contributed by atoms with E-state index < -0.39 is 0 Å².